The molecule has 8 N–H and O–H groups in total. The molecule has 0 amide bonds. The molecule has 10 nitrogen and oxygen atoms in total. The van der Waals surface area contributed by atoms with Crippen molar-refractivity contribution in [3.63, 3.8) is 0 Å². The van der Waals surface area contributed by atoms with E-state index in [1.165, 1.54) is 11.1 Å². The first-order valence-corrected chi connectivity index (χ1v) is 21.5. The fraction of sp³-hybridized carbons (Fsp3) is 0.0741. The number of allylic oxidation sites excluding steroid dienone is 2. The number of fused-ring (bicyclic) bond motifs is 12. The third kappa shape index (κ3) is 5.52. The molecule has 3 aliphatic heterocycles. The maximum Gasteiger partial charge on any atom is 0.117 e. The number of benzene rings is 3. The van der Waals surface area contributed by atoms with Crippen LogP contribution in [0.4, 0.5) is 0 Å². The molecule has 3 aromatic carbocycles. The number of aromatic nitrogens is 7. The fourth-order valence-electron chi connectivity index (χ4n) is 10.2. The number of phenols is 2. The van der Waals surface area contributed by atoms with Gasteiger partial charge in [0.15, 0.2) is 0 Å². The van der Waals surface area contributed by atoms with Gasteiger partial charge in [-0.05, 0) is 104 Å². The molecule has 4 aliphatic rings. The van der Waals surface area contributed by atoms with E-state index in [0.717, 1.165) is 122 Å². The van der Waals surface area contributed by atoms with Crippen molar-refractivity contribution in [2.45, 2.75) is 19.9 Å². The number of aromatic amines is 5. The molecule has 13 rings (SSSR count). The zero-order valence-corrected chi connectivity index (χ0v) is 34.8. The lowest BCUT2D eigenvalue weighted by molar-refractivity contribution is 0.475. The Morgan fingerprint density at radius 3 is 1.45 bits per heavy atom. The minimum Gasteiger partial charge on any atom is -0.508 e. The Balaban J connectivity index is 1.19. The van der Waals surface area contributed by atoms with Gasteiger partial charge >= 0.3 is 0 Å². The summed E-state index contributed by atoms with van der Waals surface area (Å²) in [6.07, 6.45) is 23.5. The summed E-state index contributed by atoms with van der Waals surface area (Å²) in [6, 6.07) is 26.1. The van der Waals surface area contributed by atoms with E-state index in [2.05, 4.69) is 141 Å². The maximum atomic E-state index is 10.5. The average Bonchev–Trinajstić information content (AvgIpc) is 4.14. The summed E-state index contributed by atoms with van der Waals surface area (Å²) in [6.45, 7) is 4.25. The number of rotatable bonds is 4. The molecule has 308 valence electrons. The van der Waals surface area contributed by atoms with Crippen LogP contribution in [0.1, 0.15) is 40.8 Å². The van der Waals surface area contributed by atoms with E-state index in [1.807, 2.05) is 24.5 Å². The van der Waals surface area contributed by atoms with Crippen LogP contribution >= 0.6 is 0 Å². The van der Waals surface area contributed by atoms with E-state index in [-0.39, 0.29) is 23.5 Å². The van der Waals surface area contributed by atoms with Crippen molar-refractivity contribution >= 4 is 84.7 Å². The number of H-pyrrole nitrogens is 5. The van der Waals surface area contributed by atoms with Gasteiger partial charge in [0.2, 0.25) is 0 Å². The number of nitrogens with zero attached hydrogens (tertiary/aromatic N) is 2. The van der Waals surface area contributed by atoms with Crippen LogP contribution in [-0.2, 0) is 0 Å². The molecule has 1 aliphatic carbocycles. The van der Waals surface area contributed by atoms with Crippen molar-refractivity contribution in [1.29, 1.82) is 0 Å². The highest BCUT2D eigenvalue weighted by atomic mass is 16.3. The van der Waals surface area contributed by atoms with Crippen molar-refractivity contribution < 1.29 is 10.2 Å². The fourth-order valence-corrected chi connectivity index (χ4v) is 10.2. The highest BCUT2D eigenvalue weighted by Gasteiger charge is 2.32. The molecular formula is C54H40N8O2. The summed E-state index contributed by atoms with van der Waals surface area (Å²) >= 11 is 0. The van der Waals surface area contributed by atoms with Gasteiger partial charge in [-0.3, -0.25) is 0 Å². The molecule has 64 heavy (non-hydrogen) atoms. The zero-order chi connectivity index (χ0) is 42.8. The van der Waals surface area contributed by atoms with Gasteiger partial charge in [0.1, 0.15) is 11.5 Å². The Kier molecular flexibility index (Phi) is 7.63. The van der Waals surface area contributed by atoms with Crippen molar-refractivity contribution in [3.05, 3.63) is 161 Å². The summed E-state index contributed by atoms with van der Waals surface area (Å²) in [5.74, 6) is 0.485. The Morgan fingerprint density at radius 2 is 0.938 bits per heavy atom. The van der Waals surface area contributed by atoms with Gasteiger partial charge in [-0.1, -0.05) is 35.9 Å². The monoisotopic (exact) mass is 832 g/mol. The lowest BCUT2D eigenvalue weighted by Crippen LogP contribution is -2.25. The Hall–Kier alpha value is -8.50. The normalized spacial score (nSPS) is 16.5. The van der Waals surface area contributed by atoms with Gasteiger partial charge in [0, 0.05) is 137 Å². The number of hydrogen-bond donors (Lipinski definition) is 8. The van der Waals surface area contributed by atoms with Crippen LogP contribution in [-0.4, -0.2) is 51.1 Å². The molecule has 2 unspecified atom stereocenters. The summed E-state index contributed by atoms with van der Waals surface area (Å²) < 4.78 is 0. The molecule has 9 aromatic rings. The Bertz CT molecular complexity index is 3760. The van der Waals surface area contributed by atoms with Crippen LogP contribution in [0, 0.1) is 12.8 Å². The molecule has 8 bridgehead atoms. The standard InChI is InChI=1S/C54H40N8O2/c1-27-3-7-31-35(23-55-47(31)19-27)51-39-11-12-40(59-39)52(36-24-56-48-20-28(2)4-8-32(36)48)42-14-16-44(61-42)54(38-26-58-50-22-30(64)6-10-34(38)50)46-18-17-45(62-46)53(43-15-13-41(51)60-43)37-25-57-49-21-29(63)5-9-33(37)49/h3-26,31,47,55-59,62-64H,1-2H3. The van der Waals surface area contributed by atoms with E-state index in [0.29, 0.717) is 0 Å². The predicted molar refractivity (Wildman–Crippen MR) is 260 cm³/mol. The summed E-state index contributed by atoms with van der Waals surface area (Å²) in [7, 11) is 0. The van der Waals surface area contributed by atoms with E-state index in [4.69, 9.17) is 9.97 Å². The summed E-state index contributed by atoms with van der Waals surface area (Å²) in [5.41, 5.74) is 19.8. The van der Waals surface area contributed by atoms with Crippen molar-refractivity contribution in [3.8, 4) is 44.9 Å². The van der Waals surface area contributed by atoms with Crippen LogP contribution in [0.15, 0.2) is 127 Å². The van der Waals surface area contributed by atoms with Gasteiger partial charge in [0.25, 0.3) is 0 Å². The second kappa shape index (κ2) is 13.5. The second-order valence-electron chi connectivity index (χ2n) is 17.2. The van der Waals surface area contributed by atoms with Crippen molar-refractivity contribution in [2.75, 3.05) is 0 Å². The lowest BCUT2D eigenvalue weighted by Gasteiger charge is -2.21. The van der Waals surface area contributed by atoms with Crippen LogP contribution in [0.2, 0.25) is 0 Å². The highest BCUT2D eigenvalue weighted by Crippen LogP contribution is 2.44. The smallest absolute Gasteiger partial charge is 0.117 e. The number of aryl methyl sites for hydroxylation is 1. The molecule has 10 heteroatoms. The molecule has 0 saturated heterocycles. The Morgan fingerprint density at radius 1 is 0.484 bits per heavy atom. The van der Waals surface area contributed by atoms with Crippen LogP contribution in [0.25, 0.3) is 118 Å². The molecule has 6 aromatic heterocycles. The number of nitrogens with one attached hydrogen (secondary N) is 6. The number of hydrogen-bond acceptors (Lipinski definition) is 5. The van der Waals surface area contributed by atoms with Gasteiger partial charge in [-0.2, -0.15) is 0 Å². The van der Waals surface area contributed by atoms with E-state index in [9.17, 15) is 10.2 Å². The second-order valence-corrected chi connectivity index (χ2v) is 17.2. The number of phenolic OH excluding ortho intramolecular Hbond substituents is 2. The predicted octanol–water partition coefficient (Wildman–Crippen LogP) is 12.3. The van der Waals surface area contributed by atoms with Crippen molar-refractivity contribution in [2.24, 2.45) is 5.92 Å². The largest absolute Gasteiger partial charge is 0.508 e. The summed E-state index contributed by atoms with van der Waals surface area (Å²) in [5, 5.41) is 27.6. The third-order valence-corrected chi connectivity index (χ3v) is 13.2. The van der Waals surface area contributed by atoms with Gasteiger partial charge in [0.05, 0.1) is 28.8 Å². The average molecular weight is 833 g/mol. The maximum absolute atomic E-state index is 10.5. The first-order chi connectivity index (χ1) is 31.3. The molecule has 0 radical (unpaired) electrons. The molecule has 0 saturated carbocycles. The van der Waals surface area contributed by atoms with Crippen LogP contribution in [0.3, 0.4) is 0 Å². The molecule has 9 heterocycles. The van der Waals surface area contributed by atoms with Crippen LogP contribution in [0.5, 0.6) is 11.5 Å². The summed E-state index contributed by atoms with van der Waals surface area (Å²) in [4.78, 5) is 29.2. The van der Waals surface area contributed by atoms with Gasteiger partial charge in [-0.25, -0.2) is 9.97 Å². The van der Waals surface area contributed by atoms with E-state index >= 15 is 0 Å². The number of aromatic hydroxyl groups is 2. The molecule has 0 spiro atoms. The SMILES string of the molecule is CC1=CC2NC=C(c3c4nc(c(-c5c[nH]c6cc(O)ccc56)c5ccc([nH]5)c(-c5c[nH]c6cc(O)ccc56)c5nc(c(-c6c[nH]c7cc(C)ccc67)c6ccc3[nH]6)C=C5)C=C4)C2C=C1. The first-order valence-electron chi connectivity index (χ1n) is 21.5. The van der Waals surface area contributed by atoms with Gasteiger partial charge < -0.3 is 40.4 Å². The van der Waals surface area contributed by atoms with Gasteiger partial charge in [-0.15, -0.1) is 0 Å². The van der Waals surface area contributed by atoms with E-state index in [1.54, 1.807) is 24.3 Å². The topological polar surface area (TPSA) is 157 Å². The highest BCUT2D eigenvalue weighted by molar-refractivity contribution is 6.08. The molecule has 0 fully saturated rings. The van der Waals surface area contributed by atoms with Crippen LogP contribution < -0.4 is 5.32 Å². The Labute approximate surface area is 365 Å². The molecular weight excluding hydrogens is 793 g/mol. The third-order valence-electron chi connectivity index (χ3n) is 13.2. The minimum absolute atomic E-state index is 0.106. The molecule has 2 atom stereocenters. The minimum atomic E-state index is 0.106. The quantitative estimate of drug-likeness (QED) is 0.0886. The van der Waals surface area contributed by atoms with E-state index < -0.39 is 0 Å². The lowest BCUT2D eigenvalue weighted by atomic mass is 9.85. The zero-order valence-electron chi connectivity index (χ0n) is 34.8. The first kappa shape index (κ1) is 36.2. The van der Waals surface area contributed by atoms with Crippen molar-refractivity contribution in [1.82, 2.24) is 40.2 Å².